The second-order valence-electron chi connectivity index (χ2n) is 3.55. The number of rotatable bonds is 2. The molecular weight excluding hydrogens is 150 g/mol. The fraction of sp³-hybridized carbons (Fsp3) is 0.500. The summed E-state index contributed by atoms with van der Waals surface area (Å²) in [6.07, 6.45) is 2.51. The average molecular weight is 163 g/mol. The molecule has 0 saturated heterocycles. The first-order chi connectivity index (χ1) is 5.60. The molecule has 64 valence electrons. The van der Waals surface area contributed by atoms with Crippen LogP contribution in [-0.2, 0) is 5.41 Å². The van der Waals surface area contributed by atoms with Gasteiger partial charge in [-0.1, -0.05) is 20.8 Å². The van der Waals surface area contributed by atoms with E-state index in [9.17, 15) is 0 Å². The van der Waals surface area contributed by atoms with Crippen molar-refractivity contribution in [2.45, 2.75) is 32.6 Å². The summed E-state index contributed by atoms with van der Waals surface area (Å²) >= 11 is 0. The van der Waals surface area contributed by atoms with Crippen molar-refractivity contribution in [1.29, 1.82) is 5.26 Å². The molecule has 0 spiro atoms. The van der Waals surface area contributed by atoms with E-state index in [-0.39, 0.29) is 5.41 Å². The first-order valence-corrected chi connectivity index (χ1v) is 4.09. The minimum atomic E-state index is 0.0368. The summed E-state index contributed by atoms with van der Waals surface area (Å²) in [5, 5.41) is 8.58. The highest BCUT2D eigenvalue weighted by molar-refractivity contribution is 5.29. The zero-order valence-corrected chi connectivity index (χ0v) is 7.72. The molecule has 1 aromatic rings. The molecule has 0 saturated carbocycles. The van der Waals surface area contributed by atoms with Crippen molar-refractivity contribution in [3.05, 3.63) is 23.7 Å². The predicted octanol–water partition coefficient (Wildman–Crippen LogP) is 2.84. The number of hydrogen-bond acceptors (Lipinski definition) is 2. The maximum absolute atomic E-state index is 8.58. The van der Waals surface area contributed by atoms with Gasteiger partial charge < -0.3 is 4.42 Å². The van der Waals surface area contributed by atoms with Gasteiger partial charge in [0.25, 0.3) is 0 Å². The van der Waals surface area contributed by atoms with Crippen molar-refractivity contribution in [3.8, 4) is 6.07 Å². The van der Waals surface area contributed by atoms with Crippen LogP contribution in [0.5, 0.6) is 0 Å². The minimum absolute atomic E-state index is 0.0368. The maximum Gasteiger partial charge on any atom is 0.110 e. The summed E-state index contributed by atoms with van der Waals surface area (Å²) in [5.74, 6) is 0.890. The molecule has 0 amide bonds. The van der Waals surface area contributed by atoms with Crippen molar-refractivity contribution in [2.75, 3.05) is 0 Å². The van der Waals surface area contributed by atoms with Gasteiger partial charge in [-0.2, -0.15) is 5.26 Å². The lowest BCUT2D eigenvalue weighted by Gasteiger charge is -2.18. The topological polar surface area (TPSA) is 36.9 Å². The van der Waals surface area contributed by atoms with E-state index in [2.05, 4.69) is 20.8 Å². The Morgan fingerprint density at radius 3 is 2.67 bits per heavy atom. The van der Waals surface area contributed by atoms with Gasteiger partial charge in [0.1, 0.15) is 18.1 Å². The van der Waals surface area contributed by atoms with Crippen molar-refractivity contribution in [2.24, 2.45) is 0 Å². The lowest BCUT2D eigenvalue weighted by molar-refractivity contribution is 0.375. The summed E-state index contributed by atoms with van der Waals surface area (Å²) in [7, 11) is 0. The van der Waals surface area contributed by atoms with E-state index in [4.69, 9.17) is 9.68 Å². The van der Waals surface area contributed by atoms with E-state index in [1.54, 1.807) is 0 Å². The molecule has 1 aromatic heterocycles. The average Bonchev–Trinajstić information content (AvgIpc) is 2.52. The third kappa shape index (κ3) is 1.50. The quantitative estimate of drug-likeness (QED) is 0.672. The molecule has 0 aliphatic heterocycles. The Hall–Kier alpha value is -1.23. The summed E-state index contributed by atoms with van der Waals surface area (Å²) < 4.78 is 5.29. The van der Waals surface area contributed by atoms with E-state index >= 15 is 0 Å². The Kier molecular flexibility index (Phi) is 2.23. The van der Waals surface area contributed by atoms with Gasteiger partial charge in [-0.05, 0) is 12.5 Å². The van der Waals surface area contributed by atoms with Gasteiger partial charge in [0, 0.05) is 5.41 Å². The van der Waals surface area contributed by atoms with Crippen molar-refractivity contribution in [1.82, 2.24) is 0 Å². The van der Waals surface area contributed by atoms with E-state index in [1.807, 2.05) is 12.1 Å². The molecular formula is C10H13NO. The van der Waals surface area contributed by atoms with Gasteiger partial charge in [0.05, 0.1) is 5.56 Å². The smallest absolute Gasteiger partial charge is 0.110 e. The Bertz CT molecular complexity index is 304. The Morgan fingerprint density at radius 2 is 2.25 bits per heavy atom. The first-order valence-electron chi connectivity index (χ1n) is 4.09. The molecule has 0 atom stereocenters. The van der Waals surface area contributed by atoms with Crippen LogP contribution in [0.2, 0.25) is 0 Å². The lowest BCUT2D eigenvalue weighted by Crippen LogP contribution is -2.13. The third-order valence-electron chi connectivity index (χ3n) is 2.28. The van der Waals surface area contributed by atoms with Crippen LogP contribution in [-0.4, -0.2) is 0 Å². The molecule has 0 N–H and O–H groups in total. The van der Waals surface area contributed by atoms with Gasteiger partial charge in [0.2, 0.25) is 0 Å². The van der Waals surface area contributed by atoms with Crippen LogP contribution in [0.3, 0.4) is 0 Å². The van der Waals surface area contributed by atoms with Crippen molar-refractivity contribution < 1.29 is 4.42 Å². The van der Waals surface area contributed by atoms with E-state index < -0.39 is 0 Å². The highest BCUT2D eigenvalue weighted by atomic mass is 16.3. The van der Waals surface area contributed by atoms with Crippen LogP contribution in [0.15, 0.2) is 16.7 Å². The number of nitriles is 1. The first kappa shape index (κ1) is 8.86. The van der Waals surface area contributed by atoms with Gasteiger partial charge in [-0.25, -0.2) is 0 Å². The predicted molar refractivity (Wildman–Crippen MR) is 46.7 cm³/mol. The fourth-order valence-corrected chi connectivity index (χ4v) is 0.924. The Labute approximate surface area is 72.8 Å². The largest absolute Gasteiger partial charge is 0.467 e. The zero-order valence-electron chi connectivity index (χ0n) is 7.72. The van der Waals surface area contributed by atoms with Crippen LogP contribution in [0.1, 0.15) is 38.5 Å². The van der Waals surface area contributed by atoms with Crippen LogP contribution in [0, 0.1) is 11.3 Å². The van der Waals surface area contributed by atoms with Crippen molar-refractivity contribution >= 4 is 0 Å². The van der Waals surface area contributed by atoms with Gasteiger partial charge in [0.15, 0.2) is 0 Å². The molecule has 1 rings (SSSR count). The van der Waals surface area contributed by atoms with Gasteiger partial charge in [-0.15, -0.1) is 0 Å². The molecule has 2 heteroatoms. The molecule has 0 radical (unpaired) electrons. The Balaban J connectivity index is 2.98. The van der Waals surface area contributed by atoms with Crippen molar-refractivity contribution in [3.63, 3.8) is 0 Å². The molecule has 1 heterocycles. The zero-order chi connectivity index (χ0) is 9.19. The molecule has 0 aliphatic rings. The second kappa shape index (κ2) is 3.02. The maximum atomic E-state index is 8.58. The molecule has 0 unspecified atom stereocenters. The SMILES string of the molecule is CCC(C)(C)c1cc(C#N)co1. The molecule has 0 aliphatic carbocycles. The number of hydrogen-bond donors (Lipinski definition) is 0. The van der Waals surface area contributed by atoms with Crippen LogP contribution < -0.4 is 0 Å². The molecule has 0 bridgehead atoms. The van der Waals surface area contributed by atoms with E-state index in [0.717, 1.165) is 12.2 Å². The number of nitrogens with zero attached hydrogens (tertiary/aromatic N) is 1. The summed E-state index contributed by atoms with van der Waals surface area (Å²) in [6, 6.07) is 3.86. The highest BCUT2D eigenvalue weighted by Crippen LogP contribution is 2.27. The van der Waals surface area contributed by atoms with Gasteiger partial charge in [-0.3, -0.25) is 0 Å². The molecule has 12 heavy (non-hydrogen) atoms. The second-order valence-corrected chi connectivity index (χ2v) is 3.55. The Morgan fingerprint density at radius 1 is 1.58 bits per heavy atom. The summed E-state index contributed by atoms with van der Waals surface area (Å²) in [4.78, 5) is 0. The van der Waals surface area contributed by atoms with E-state index in [1.165, 1.54) is 6.26 Å². The number of furan rings is 1. The molecule has 2 nitrogen and oxygen atoms in total. The molecule has 0 aromatic carbocycles. The minimum Gasteiger partial charge on any atom is -0.467 e. The standard InChI is InChI=1S/C10H13NO/c1-4-10(2,3)9-5-8(6-11)7-12-9/h5,7H,4H2,1-3H3. The monoisotopic (exact) mass is 163 g/mol. The normalized spacial score (nSPS) is 11.2. The highest BCUT2D eigenvalue weighted by Gasteiger charge is 2.21. The fourth-order valence-electron chi connectivity index (χ4n) is 0.924. The third-order valence-corrected chi connectivity index (χ3v) is 2.28. The summed E-state index contributed by atoms with van der Waals surface area (Å²) in [5.41, 5.74) is 0.640. The van der Waals surface area contributed by atoms with Crippen LogP contribution in [0.4, 0.5) is 0 Å². The van der Waals surface area contributed by atoms with E-state index in [0.29, 0.717) is 5.56 Å². The molecule has 0 fully saturated rings. The van der Waals surface area contributed by atoms with Crippen LogP contribution in [0.25, 0.3) is 0 Å². The van der Waals surface area contributed by atoms with Crippen LogP contribution >= 0.6 is 0 Å². The summed E-state index contributed by atoms with van der Waals surface area (Å²) in [6.45, 7) is 6.31. The van der Waals surface area contributed by atoms with Gasteiger partial charge >= 0.3 is 0 Å². The lowest BCUT2D eigenvalue weighted by atomic mass is 9.87.